The molecule has 1 aromatic carbocycles. The zero-order valence-electron chi connectivity index (χ0n) is 10.4. The first kappa shape index (κ1) is 12.3. The van der Waals surface area contributed by atoms with Gasteiger partial charge >= 0.3 is 0 Å². The predicted octanol–water partition coefficient (Wildman–Crippen LogP) is 1.70. The third-order valence-corrected chi connectivity index (χ3v) is 2.64. The van der Waals surface area contributed by atoms with Gasteiger partial charge in [0.1, 0.15) is 5.78 Å². The summed E-state index contributed by atoms with van der Waals surface area (Å²) in [6.07, 6.45) is 1.75. The van der Waals surface area contributed by atoms with Crippen molar-refractivity contribution in [2.75, 3.05) is 0 Å². The Labute approximate surface area is 105 Å². The van der Waals surface area contributed by atoms with E-state index < -0.39 is 0 Å². The third kappa shape index (κ3) is 2.94. The first-order valence-electron chi connectivity index (χ1n) is 5.79. The van der Waals surface area contributed by atoms with Gasteiger partial charge in [0.25, 0.3) is 0 Å². The average Bonchev–Trinajstić information content (AvgIpc) is 2.40. The summed E-state index contributed by atoms with van der Waals surface area (Å²) in [5.74, 6) is 0.789. The maximum absolute atomic E-state index is 11.6. The van der Waals surface area contributed by atoms with E-state index in [0.29, 0.717) is 12.2 Å². The van der Waals surface area contributed by atoms with Gasteiger partial charge in [-0.25, -0.2) is 0 Å². The van der Waals surface area contributed by atoms with Crippen LogP contribution in [0.15, 0.2) is 30.6 Å². The highest BCUT2D eigenvalue weighted by Gasteiger charge is 2.08. The first-order valence-corrected chi connectivity index (χ1v) is 5.79. The van der Waals surface area contributed by atoms with Crippen LogP contribution in [0, 0.1) is 5.92 Å². The van der Waals surface area contributed by atoms with Gasteiger partial charge in [-0.1, -0.05) is 38.1 Å². The molecular weight excluding hydrogens is 228 g/mol. The lowest BCUT2D eigenvalue weighted by atomic mass is 10.0. The number of benzene rings is 1. The number of aromatic nitrogens is 4. The molecule has 0 saturated carbocycles. The number of carbonyl (C=O) groups excluding carboxylic acids is 1. The second-order valence-corrected chi connectivity index (χ2v) is 4.36. The van der Waals surface area contributed by atoms with Gasteiger partial charge in [0, 0.05) is 17.9 Å². The van der Waals surface area contributed by atoms with E-state index >= 15 is 0 Å². The lowest BCUT2D eigenvalue weighted by Crippen LogP contribution is -2.10. The minimum Gasteiger partial charge on any atom is -0.299 e. The van der Waals surface area contributed by atoms with Crippen molar-refractivity contribution in [1.29, 1.82) is 0 Å². The summed E-state index contributed by atoms with van der Waals surface area (Å²) in [6.45, 7) is 3.82. The molecule has 2 rings (SSSR count). The summed E-state index contributed by atoms with van der Waals surface area (Å²) in [5.41, 5.74) is 1.84. The maximum atomic E-state index is 11.6. The molecule has 92 valence electrons. The normalized spacial score (nSPS) is 10.6. The molecular formula is C13H14N4O. The van der Waals surface area contributed by atoms with Crippen LogP contribution in [0.25, 0.3) is 11.4 Å². The molecule has 1 heterocycles. The lowest BCUT2D eigenvalue weighted by Gasteiger charge is -2.04. The van der Waals surface area contributed by atoms with Gasteiger partial charge in [0.2, 0.25) is 5.82 Å². The van der Waals surface area contributed by atoms with Gasteiger partial charge in [-0.2, -0.15) is 0 Å². The van der Waals surface area contributed by atoms with Gasteiger partial charge < -0.3 is 0 Å². The summed E-state index contributed by atoms with van der Waals surface area (Å²) in [5, 5.41) is 15.1. The standard InChI is InChI=1S/C13H14N4O/c1-9(2)12(18)7-10-3-5-11(6-4-10)13-16-14-8-15-17-13/h3-6,8-9H,7H2,1-2H3. The molecule has 0 atom stereocenters. The van der Waals surface area contributed by atoms with Crippen LogP contribution in [0.2, 0.25) is 0 Å². The lowest BCUT2D eigenvalue weighted by molar-refractivity contribution is -0.121. The number of hydrogen-bond donors (Lipinski definition) is 0. The molecule has 0 aliphatic carbocycles. The minimum absolute atomic E-state index is 0.0653. The van der Waals surface area contributed by atoms with Crippen molar-refractivity contribution < 1.29 is 4.79 Å². The van der Waals surface area contributed by atoms with Gasteiger partial charge in [-0.15, -0.1) is 20.4 Å². The van der Waals surface area contributed by atoms with E-state index in [2.05, 4.69) is 20.4 Å². The summed E-state index contributed by atoms with van der Waals surface area (Å²) in [6, 6.07) is 7.57. The van der Waals surface area contributed by atoms with Gasteiger partial charge in [-0.05, 0) is 5.56 Å². The molecule has 0 unspecified atom stereocenters. The monoisotopic (exact) mass is 242 g/mol. The van der Waals surface area contributed by atoms with Crippen LogP contribution in [0.3, 0.4) is 0 Å². The Morgan fingerprint density at radius 3 is 2.28 bits per heavy atom. The van der Waals surface area contributed by atoms with E-state index in [-0.39, 0.29) is 11.7 Å². The Balaban J connectivity index is 2.13. The molecule has 18 heavy (non-hydrogen) atoms. The topological polar surface area (TPSA) is 68.6 Å². The van der Waals surface area contributed by atoms with Crippen molar-refractivity contribution in [3.63, 3.8) is 0 Å². The Morgan fingerprint density at radius 1 is 1.11 bits per heavy atom. The van der Waals surface area contributed by atoms with Crippen LogP contribution >= 0.6 is 0 Å². The predicted molar refractivity (Wildman–Crippen MR) is 66.6 cm³/mol. The summed E-state index contributed by atoms with van der Waals surface area (Å²) >= 11 is 0. The van der Waals surface area contributed by atoms with Crippen molar-refractivity contribution in [3.05, 3.63) is 36.2 Å². The molecule has 0 radical (unpaired) electrons. The Kier molecular flexibility index (Phi) is 3.72. The molecule has 0 bridgehead atoms. The van der Waals surface area contributed by atoms with Crippen molar-refractivity contribution in [2.24, 2.45) is 5.92 Å². The van der Waals surface area contributed by atoms with Crippen LogP contribution in [0.5, 0.6) is 0 Å². The van der Waals surface area contributed by atoms with E-state index in [9.17, 15) is 4.79 Å². The number of rotatable bonds is 4. The van der Waals surface area contributed by atoms with Crippen molar-refractivity contribution >= 4 is 5.78 Å². The molecule has 0 aliphatic heterocycles. The molecule has 0 N–H and O–H groups in total. The highest BCUT2D eigenvalue weighted by Crippen LogP contribution is 2.14. The SMILES string of the molecule is CC(C)C(=O)Cc1ccc(-c2nncnn2)cc1. The number of nitrogens with zero attached hydrogens (tertiary/aromatic N) is 4. The quantitative estimate of drug-likeness (QED) is 0.816. The highest BCUT2D eigenvalue weighted by molar-refractivity contribution is 5.82. The Morgan fingerprint density at radius 2 is 1.72 bits per heavy atom. The second kappa shape index (κ2) is 5.44. The summed E-state index contributed by atoms with van der Waals surface area (Å²) < 4.78 is 0. The average molecular weight is 242 g/mol. The molecule has 1 aromatic heterocycles. The largest absolute Gasteiger partial charge is 0.299 e. The number of ketones is 1. The fourth-order valence-corrected chi connectivity index (χ4v) is 1.50. The molecule has 0 fully saturated rings. The number of Topliss-reactive ketones (excluding diaryl/α,β-unsaturated/α-hetero) is 1. The van der Waals surface area contributed by atoms with Gasteiger partial charge in [0.15, 0.2) is 6.33 Å². The van der Waals surface area contributed by atoms with Crippen LogP contribution in [-0.2, 0) is 11.2 Å². The number of hydrogen-bond acceptors (Lipinski definition) is 5. The maximum Gasteiger partial charge on any atom is 0.203 e. The smallest absolute Gasteiger partial charge is 0.203 e. The van der Waals surface area contributed by atoms with Gasteiger partial charge in [0.05, 0.1) is 0 Å². The van der Waals surface area contributed by atoms with Crippen LogP contribution < -0.4 is 0 Å². The van der Waals surface area contributed by atoms with Crippen LogP contribution in [0.1, 0.15) is 19.4 Å². The van der Waals surface area contributed by atoms with Crippen molar-refractivity contribution in [2.45, 2.75) is 20.3 Å². The van der Waals surface area contributed by atoms with Crippen molar-refractivity contribution in [3.8, 4) is 11.4 Å². The third-order valence-electron chi connectivity index (χ3n) is 2.64. The highest BCUT2D eigenvalue weighted by atomic mass is 16.1. The minimum atomic E-state index is 0.0653. The van der Waals surface area contributed by atoms with Gasteiger partial charge in [-0.3, -0.25) is 4.79 Å². The number of carbonyl (C=O) groups is 1. The molecule has 0 amide bonds. The van der Waals surface area contributed by atoms with E-state index in [1.54, 1.807) is 0 Å². The molecule has 5 heteroatoms. The molecule has 0 aliphatic rings. The zero-order valence-corrected chi connectivity index (χ0v) is 10.4. The van der Waals surface area contributed by atoms with E-state index in [0.717, 1.165) is 11.1 Å². The first-order chi connectivity index (χ1) is 8.66. The van der Waals surface area contributed by atoms with Crippen LogP contribution in [0.4, 0.5) is 0 Å². The van der Waals surface area contributed by atoms with Crippen LogP contribution in [-0.4, -0.2) is 26.2 Å². The fourth-order valence-electron chi connectivity index (χ4n) is 1.50. The molecule has 0 spiro atoms. The zero-order chi connectivity index (χ0) is 13.0. The van der Waals surface area contributed by atoms with E-state index in [1.807, 2.05) is 38.1 Å². The summed E-state index contributed by atoms with van der Waals surface area (Å²) in [4.78, 5) is 11.6. The Bertz CT molecular complexity index is 522. The molecule has 0 saturated heterocycles. The molecule has 5 nitrogen and oxygen atoms in total. The molecule has 2 aromatic rings. The van der Waals surface area contributed by atoms with E-state index in [4.69, 9.17) is 0 Å². The van der Waals surface area contributed by atoms with Crippen molar-refractivity contribution in [1.82, 2.24) is 20.4 Å². The van der Waals surface area contributed by atoms with E-state index in [1.165, 1.54) is 6.33 Å². The fraction of sp³-hybridized carbons (Fsp3) is 0.308. The second-order valence-electron chi connectivity index (χ2n) is 4.36. The Hall–Kier alpha value is -2.17. The summed E-state index contributed by atoms with van der Waals surface area (Å²) in [7, 11) is 0.